The second-order valence-corrected chi connectivity index (χ2v) is 5.14. The average molecular weight is 310 g/mol. The maximum atomic E-state index is 12.3. The van der Waals surface area contributed by atoms with Crippen LogP contribution in [0.2, 0.25) is 0 Å². The van der Waals surface area contributed by atoms with Crippen LogP contribution in [0.25, 0.3) is 5.69 Å². The molecule has 0 aliphatic carbocycles. The van der Waals surface area contributed by atoms with E-state index in [9.17, 15) is 4.79 Å². The number of H-pyrrole nitrogens is 1. The van der Waals surface area contributed by atoms with Crippen molar-refractivity contribution in [1.82, 2.24) is 9.78 Å². The van der Waals surface area contributed by atoms with Gasteiger partial charge in [-0.15, -0.1) is 0 Å². The SMILES string of the molecule is Cc1[nH]n(-c2ccc(Br)cc2)c(=O)c1CCCN. The molecule has 5 heteroatoms. The Balaban J connectivity index is 2.40. The Kier molecular flexibility index (Phi) is 4.04. The van der Waals surface area contributed by atoms with E-state index < -0.39 is 0 Å². The molecule has 0 atom stereocenters. The predicted octanol–water partition coefficient (Wildman–Crippen LogP) is 2.13. The topological polar surface area (TPSA) is 63.8 Å². The van der Waals surface area contributed by atoms with Crippen LogP contribution in [-0.4, -0.2) is 16.3 Å². The first-order chi connectivity index (χ1) is 8.63. The molecule has 1 heterocycles. The molecular formula is C13H16BrN3O. The van der Waals surface area contributed by atoms with Crippen molar-refractivity contribution in [2.24, 2.45) is 5.73 Å². The molecule has 0 aliphatic heterocycles. The molecular weight excluding hydrogens is 294 g/mol. The van der Waals surface area contributed by atoms with E-state index in [4.69, 9.17) is 5.73 Å². The van der Waals surface area contributed by atoms with Crippen LogP contribution in [0.1, 0.15) is 17.7 Å². The Morgan fingerprint density at radius 2 is 2.00 bits per heavy atom. The van der Waals surface area contributed by atoms with Gasteiger partial charge in [0.1, 0.15) is 0 Å². The Labute approximate surface area is 114 Å². The Hall–Kier alpha value is -1.33. The molecule has 0 radical (unpaired) electrons. The number of aromatic amines is 1. The first kappa shape index (κ1) is 13.1. The largest absolute Gasteiger partial charge is 0.330 e. The van der Waals surface area contributed by atoms with Crippen LogP contribution in [0.4, 0.5) is 0 Å². The first-order valence-corrected chi connectivity index (χ1v) is 6.69. The van der Waals surface area contributed by atoms with Crippen LogP contribution in [0.3, 0.4) is 0 Å². The van der Waals surface area contributed by atoms with E-state index in [1.165, 1.54) is 0 Å². The smallest absolute Gasteiger partial charge is 0.274 e. The average Bonchev–Trinajstić information content (AvgIpc) is 2.64. The number of benzene rings is 1. The van der Waals surface area contributed by atoms with Crippen molar-refractivity contribution in [2.45, 2.75) is 19.8 Å². The zero-order valence-corrected chi connectivity index (χ0v) is 11.8. The highest BCUT2D eigenvalue weighted by atomic mass is 79.9. The van der Waals surface area contributed by atoms with Crippen LogP contribution in [0, 0.1) is 6.92 Å². The van der Waals surface area contributed by atoms with Gasteiger partial charge < -0.3 is 5.73 Å². The molecule has 1 aromatic carbocycles. The minimum absolute atomic E-state index is 0.0169. The second kappa shape index (κ2) is 5.54. The summed E-state index contributed by atoms with van der Waals surface area (Å²) in [6.07, 6.45) is 1.55. The number of hydrogen-bond acceptors (Lipinski definition) is 2. The normalized spacial score (nSPS) is 10.8. The van der Waals surface area contributed by atoms with E-state index in [2.05, 4.69) is 21.0 Å². The molecule has 96 valence electrons. The molecule has 0 unspecified atom stereocenters. The van der Waals surface area contributed by atoms with Gasteiger partial charge in [-0.2, -0.15) is 0 Å². The van der Waals surface area contributed by atoms with E-state index in [-0.39, 0.29) is 5.56 Å². The summed E-state index contributed by atoms with van der Waals surface area (Å²) < 4.78 is 2.57. The third-order valence-electron chi connectivity index (χ3n) is 2.91. The standard InChI is InChI=1S/C13H16BrN3O/c1-9-12(3-2-8-15)13(18)17(16-9)11-6-4-10(14)5-7-11/h4-7,16H,2-3,8,15H2,1H3. The summed E-state index contributed by atoms with van der Waals surface area (Å²) in [6.45, 7) is 2.52. The molecule has 0 saturated carbocycles. The molecule has 2 aromatic rings. The molecule has 2 rings (SSSR count). The molecule has 18 heavy (non-hydrogen) atoms. The summed E-state index contributed by atoms with van der Waals surface area (Å²) in [5.74, 6) is 0. The number of nitrogens with two attached hydrogens (primary N) is 1. The highest BCUT2D eigenvalue weighted by Crippen LogP contribution is 2.13. The minimum atomic E-state index is 0.0169. The van der Waals surface area contributed by atoms with Gasteiger partial charge in [-0.1, -0.05) is 15.9 Å². The van der Waals surface area contributed by atoms with Crippen molar-refractivity contribution < 1.29 is 0 Å². The number of halogens is 1. The van der Waals surface area contributed by atoms with Crippen molar-refractivity contribution in [3.8, 4) is 5.69 Å². The van der Waals surface area contributed by atoms with Gasteiger partial charge in [0.25, 0.3) is 5.56 Å². The van der Waals surface area contributed by atoms with E-state index in [1.54, 1.807) is 4.68 Å². The van der Waals surface area contributed by atoms with E-state index in [1.807, 2.05) is 31.2 Å². The molecule has 0 bridgehead atoms. The van der Waals surface area contributed by atoms with Gasteiger partial charge in [0.15, 0.2) is 0 Å². The third kappa shape index (κ3) is 2.57. The number of aryl methyl sites for hydroxylation is 1. The number of aromatic nitrogens is 2. The van der Waals surface area contributed by atoms with Crippen molar-refractivity contribution in [2.75, 3.05) is 6.54 Å². The Morgan fingerprint density at radius 1 is 1.33 bits per heavy atom. The third-order valence-corrected chi connectivity index (χ3v) is 3.44. The van der Waals surface area contributed by atoms with Crippen LogP contribution in [-0.2, 0) is 6.42 Å². The lowest BCUT2D eigenvalue weighted by atomic mass is 10.1. The maximum Gasteiger partial charge on any atom is 0.274 e. The van der Waals surface area contributed by atoms with Gasteiger partial charge in [-0.25, -0.2) is 4.68 Å². The van der Waals surface area contributed by atoms with Gasteiger partial charge in [0, 0.05) is 15.7 Å². The van der Waals surface area contributed by atoms with Crippen LogP contribution in [0.15, 0.2) is 33.5 Å². The van der Waals surface area contributed by atoms with Gasteiger partial charge in [-0.05, 0) is 50.6 Å². The van der Waals surface area contributed by atoms with E-state index >= 15 is 0 Å². The molecule has 0 spiro atoms. The minimum Gasteiger partial charge on any atom is -0.330 e. The van der Waals surface area contributed by atoms with Gasteiger partial charge in [0.2, 0.25) is 0 Å². The number of rotatable bonds is 4. The van der Waals surface area contributed by atoms with Gasteiger partial charge in [-0.3, -0.25) is 9.89 Å². The van der Waals surface area contributed by atoms with Crippen LogP contribution < -0.4 is 11.3 Å². The summed E-state index contributed by atoms with van der Waals surface area (Å²) in [5.41, 5.74) is 8.08. The molecule has 1 aromatic heterocycles. The molecule has 4 nitrogen and oxygen atoms in total. The van der Waals surface area contributed by atoms with Crippen LogP contribution in [0.5, 0.6) is 0 Å². The lowest BCUT2D eigenvalue weighted by Gasteiger charge is -2.01. The van der Waals surface area contributed by atoms with Crippen molar-refractivity contribution in [3.63, 3.8) is 0 Å². The molecule has 3 N–H and O–H groups in total. The summed E-state index contributed by atoms with van der Waals surface area (Å²) in [4.78, 5) is 12.3. The summed E-state index contributed by atoms with van der Waals surface area (Å²) >= 11 is 3.38. The zero-order valence-electron chi connectivity index (χ0n) is 10.2. The van der Waals surface area contributed by atoms with Crippen molar-refractivity contribution in [3.05, 3.63) is 50.3 Å². The Morgan fingerprint density at radius 3 is 2.61 bits per heavy atom. The number of nitrogens with zero attached hydrogens (tertiary/aromatic N) is 1. The zero-order chi connectivity index (χ0) is 13.1. The van der Waals surface area contributed by atoms with Crippen molar-refractivity contribution in [1.29, 1.82) is 0 Å². The second-order valence-electron chi connectivity index (χ2n) is 4.22. The van der Waals surface area contributed by atoms with Crippen LogP contribution >= 0.6 is 15.9 Å². The van der Waals surface area contributed by atoms with Gasteiger partial charge >= 0.3 is 0 Å². The molecule has 0 amide bonds. The number of hydrogen-bond donors (Lipinski definition) is 2. The lowest BCUT2D eigenvalue weighted by Crippen LogP contribution is -2.18. The van der Waals surface area contributed by atoms with E-state index in [0.29, 0.717) is 6.54 Å². The summed E-state index contributed by atoms with van der Waals surface area (Å²) in [6, 6.07) is 7.62. The summed E-state index contributed by atoms with van der Waals surface area (Å²) in [7, 11) is 0. The quantitative estimate of drug-likeness (QED) is 0.908. The molecule has 0 aliphatic rings. The fourth-order valence-electron chi connectivity index (χ4n) is 1.93. The first-order valence-electron chi connectivity index (χ1n) is 5.90. The molecule has 0 fully saturated rings. The fraction of sp³-hybridized carbons (Fsp3) is 0.308. The lowest BCUT2D eigenvalue weighted by molar-refractivity contribution is 0.816. The summed E-state index contributed by atoms with van der Waals surface area (Å²) in [5, 5.41) is 3.11. The fourth-order valence-corrected chi connectivity index (χ4v) is 2.19. The highest BCUT2D eigenvalue weighted by Gasteiger charge is 2.11. The maximum absolute atomic E-state index is 12.3. The molecule has 0 saturated heterocycles. The van der Waals surface area contributed by atoms with Crippen molar-refractivity contribution >= 4 is 15.9 Å². The highest BCUT2D eigenvalue weighted by molar-refractivity contribution is 9.10. The Bertz CT molecular complexity index is 583. The van der Waals surface area contributed by atoms with Gasteiger partial charge in [0.05, 0.1) is 5.69 Å². The van der Waals surface area contributed by atoms with E-state index in [0.717, 1.165) is 34.3 Å². The monoisotopic (exact) mass is 309 g/mol. The number of nitrogens with one attached hydrogen (secondary N) is 1. The predicted molar refractivity (Wildman–Crippen MR) is 76.2 cm³/mol.